The molecule has 0 saturated heterocycles. The molecule has 0 bridgehead atoms. The lowest BCUT2D eigenvalue weighted by Gasteiger charge is -2.11. The Kier molecular flexibility index (Phi) is 7.16. The fraction of sp³-hybridized carbons (Fsp3) is 0.368. The normalized spacial score (nSPS) is 14.4. The summed E-state index contributed by atoms with van der Waals surface area (Å²) in [6.45, 7) is 1.86. The molecular weight excluding hydrogens is 428 g/mol. The summed E-state index contributed by atoms with van der Waals surface area (Å²) in [6, 6.07) is 5.84. The molecular formula is C19H22N4O5S2. The summed E-state index contributed by atoms with van der Waals surface area (Å²) in [6.07, 6.45) is 4.82. The number of rotatable bonds is 6. The van der Waals surface area contributed by atoms with E-state index in [9.17, 15) is 18.0 Å². The van der Waals surface area contributed by atoms with E-state index in [0.717, 1.165) is 19.3 Å². The number of amidine groups is 1. The van der Waals surface area contributed by atoms with Gasteiger partial charge in [-0.2, -0.15) is 0 Å². The number of nitrogens with one attached hydrogen (secondary N) is 2. The van der Waals surface area contributed by atoms with E-state index in [2.05, 4.69) is 20.0 Å². The van der Waals surface area contributed by atoms with Gasteiger partial charge in [-0.15, -0.1) is 11.3 Å². The summed E-state index contributed by atoms with van der Waals surface area (Å²) in [5.74, 6) is -0.771. The number of sulfonamides is 1. The lowest BCUT2D eigenvalue weighted by Crippen LogP contribution is -2.30. The molecule has 160 valence electrons. The first-order chi connectivity index (χ1) is 14.3. The maximum atomic E-state index is 12.6. The molecule has 11 heteroatoms. The number of esters is 1. The van der Waals surface area contributed by atoms with E-state index in [0.29, 0.717) is 28.7 Å². The first-order valence-electron chi connectivity index (χ1n) is 9.39. The van der Waals surface area contributed by atoms with E-state index in [-0.39, 0.29) is 10.6 Å². The highest BCUT2D eigenvalue weighted by molar-refractivity contribution is 7.90. The molecule has 0 fully saturated rings. The van der Waals surface area contributed by atoms with Crippen LogP contribution in [0.15, 0.2) is 40.4 Å². The molecule has 1 aliphatic heterocycles. The van der Waals surface area contributed by atoms with Gasteiger partial charge in [0.15, 0.2) is 6.61 Å². The number of benzene rings is 1. The zero-order chi connectivity index (χ0) is 21.6. The van der Waals surface area contributed by atoms with E-state index in [4.69, 9.17) is 4.74 Å². The molecule has 0 saturated carbocycles. The predicted octanol–water partition coefficient (Wildman–Crippen LogP) is 2.50. The van der Waals surface area contributed by atoms with Crippen LogP contribution in [0.2, 0.25) is 0 Å². The van der Waals surface area contributed by atoms with Crippen molar-refractivity contribution in [1.29, 1.82) is 0 Å². The number of amides is 1. The molecule has 30 heavy (non-hydrogen) atoms. The third-order valence-corrected chi connectivity index (χ3v) is 6.48. The molecule has 0 spiro atoms. The largest absolute Gasteiger partial charge is 0.451 e. The third kappa shape index (κ3) is 6.10. The SMILES string of the molecule is Cc1ncc(C(=O)OCC(=O)Nc2cccc(S(=O)(=O)NC3=NCCCCC3)c2)s1. The monoisotopic (exact) mass is 450 g/mol. The lowest BCUT2D eigenvalue weighted by molar-refractivity contribution is -0.119. The van der Waals surface area contributed by atoms with Crippen LogP contribution in [0.25, 0.3) is 0 Å². The van der Waals surface area contributed by atoms with Gasteiger partial charge in [0.05, 0.1) is 16.1 Å². The summed E-state index contributed by atoms with van der Waals surface area (Å²) in [7, 11) is -3.82. The molecule has 2 heterocycles. The number of nitrogens with zero attached hydrogens (tertiary/aromatic N) is 2. The van der Waals surface area contributed by atoms with Crippen molar-refractivity contribution in [1.82, 2.24) is 9.71 Å². The predicted molar refractivity (Wildman–Crippen MR) is 113 cm³/mol. The second kappa shape index (κ2) is 9.81. The van der Waals surface area contributed by atoms with Gasteiger partial charge < -0.3 is 10.1 Å². The first-order valence-corrected chi connectivity index (χ1v) is 11.7. The van der Waals surface area contributed by atoms with E-state index in [1.165, 1.54) is 35.7 Å². The van der Waals surface area contributed by atoms with Crippen LogP contribution in [0.4, 0.5) is 5.69 Å². The van der Waals surface area contributed by atoms with Crippen LogP contribution in [0.3, 0.4) is 0 Å². The number of aryl methyl sites for hydroxylation is 1. The quantitative estimate of drug-likeness (QED) is 0.651. The van der Waals surface area contributed by atoms with Gasteiger partial charge in [-0.25, -0.2) is 18.2 Å². The molecule has 2 aromatic rings. The Labute approximate surface area is 178 Å². The van der Waals surface area contributed by atoms with Crippen LogP contribution in [0.5, 0.6) is 0 Å². The third-order valence-electron chi connectivity index (χ3n) is 4.21. The van der Waals surface area contributed by atoms with Gasteiger partial charge in [-0.05, 0) is 38.0 Å². The van der Waals surface area contributed by atoms with Crippen molar-refractivity contribution < 1.29 is 22.7 Å². The highest BCUT2D eigenvalue weighted by Crippen LogP contribution is 2.17. The van der Waals surface area contributed by atoms with Crippen molar-refractivity contribution in [3.8, 4) is 0 Å². The molecule has 3 rings (SSSR count). The van der Waals surface area contributed by atoms with Crippen molar-refractivity contribution in [2.45, 2.75) is 37.5 Å². The van der Waals surface area contributed by atoms with Crippen LogP contribution >= 0.6 is 11.3 Å². The number of hydrogen-bond donors (Lipinski definition) is 2. The fourth-order valence-corrected chi connectivity index (χ4v) is 4.57. The second-order valence-electron chi connectivity index (χ2n) is 6.64. The molecule has 1 aliphatic rings. The highest BCUT2D eigenvalue weighted by atomic mass is 32.2. The van der Waals surface area contributed by atoms with Crippen LogP contribution in [-0.2, 0) is 19.6 Å². The minimum Gasteiger partial charge on any atom is -0.451 e. The number of carbonyl (C=O) groups excluding carboxylic acids is 2. The molecule has 1 aromatic carbocycles. The number of hydrogen-bond acceptors (Lipinski definition) is 8. The van der Waals surface area contributed by atoms with Gasteiger partial charge in [-0.3, -0.25) is 14.5 Å². The molecule has 9 nitrogen and oxygen atoms in total. The summed E-state index contributed by atoms with van der Waals surface area (Å²) >= 11 is 1.17. The highest BCUT2D eigenvalue weighted by Gasteiger charge is 2.18. The number of carbonyl (C=O) groups is 2. The Morgan fingerprint density at radius 2 is 2.07 bits per heavy atom. The number of ether oxygens (including phenoxy) is 1. The lowest BCUT2D eigenvalue weighted by atomic mass is 10.2. The van der Waals surface area contributed by atoms with Crippen LogP contribution < -0.4 is 10.0 Å². The summed E-state index contributed by atoms with van der Waals surface area (Å²) in [5, 5.41) is 3.24. The Bertz CT molecular complexity index is 1060. The van der Waals surface area contributed by atoms with Crippen LogP contribution in [0.1, 0.15) is 40.4 Å². The first kappa shape index (κ1) is 21.9. The topological polar surface area (TPSA) is 127 Å². The van der Waals surface area contributed by atoms with Crippen molar-refractivity contribution in [2.75, 3.05) is 18.5 Å². The maximum Gasteiger partial charge on any atom is 0.350 e. The van der Waals surface area contributed by atoms with Crippen molar-refractivity contribution in [3.63, 3.8) is 0 Å². The fourth-order valence-electron chi connectivity index (χ4n) is 2.77. The molecule has 0 aliphatic carbocycles. The standard InChI is InChI=1S/C19H22N4O5S2/c1-13-21-11-16(29-13)19(25)28-12-18(24)22-14-6-5-7-15(10-14)30(26,27)23-17-8-3-2-4-9-20-17/h5-7,10-11H,2-4,8-9,12H2,1H3,(H,20,23)(H,22,24). The Morgan fingerprint density at radius 3 is 2.83 bits per heavy atom. The van der Waals surface area contributed by atoms with E-state index >= 15 is 0 Å². The Balaban J connectivity index is 1.59. The molecule has 0 radical (unpaired) electrons. The summed E-state index contributed by atoms with van der Waals surface area (Å²) in [5.41, 5.74) is 0.273. The van der Waals surface area contributed by atoms with Crippen molar-refractivity contribution in [2.24, 2.45) is 4.99 Å². The van der Waals surface area contributed by atoms with E-state index in [1.807, 2.05) is 0 Å². The average molecular weight is 451 g/mol. The Morgan fingerprint density at radius 1 is 1.23 bits per heavy atom. The van der Waals surface area contributed by atoms with Gasteiger partial charge in [0, 0.05) is 18.7 Å². The van der Waals surface area contributed by atoms with Crippen LogP contribution in [-0.4, -0.2) is 44.3 Å². The minimum absolute atomic E-state index is 0.00405. The zero-order valence-electron chi connectivity index (χ0n) is 16.4. The van der Waals surface area contributed by atoms with Gasteiger partial charge in [0.25, 0.3) is 15.9 Å². The van der Waals surface area contributed by atoms with Gasteiger partial charge >= 0.3 is 5.97 Å². The van der Waals surface area contributed by atoms with Gasteiger partial charge in [0.2, 0.25) is 0 Å². The van der Waals surface area contributed by atoms with E-state index in [1.54, 1.807) is 13.0 Å². The zero-order valence-corrected chi connectivity index (χ0v) is 18.0. The number of anilines is 1. The number of thiazole rings is 1. The molecule has 2 N–H and O–H groups in total. The maximum absolute atomic E-state index is 12.6. The Hall–Kier alpha value is -2.79. The molecule has 1 aromatic heterocycles. The summed E-state index contributed by atoms with van der Waals surface area (Å²) < 4.78 is 32.8. The average Bonchev–Trinajstić information content (AvgIpc) is 2.99. The number of aromatic nitrogens is 1. The van der Waals surface area contributed by atoms with Crippen molar-refractivity contribution >= 4 is 44.8 Å². The molecule has 1 amide bonds. The van der Waals surface area contributed by atoms with Gasteiger partial charge in [0.1, 0.15) is 10.7 Å². The minimum atomic E-state index is -3.82. The van der Waals surface area contributed by atoms with Gasteiger partial charge in [-0.1, -0.05) is 12.5 Å². The summed E-state index contributed by atoms with van der Waals surface area (Å²) in [4.78, 5) is 32.5. The van der Waals surface area contributed by atoms with Crippen LogP contribution in [0, 0.1) is 6.92 Å². The van der Waals surface area contributed by atoms with Crippen molar-refractivity contribution in [3.05, 3.63) is 40.3 Å². The molecule has 0 atom stereocenters. The van der Waals surface area contributed by atoms with E-state index < -0.39 is 28.5 Å². The smallest absolute Gasteiger partial charge is 0.350 e. The molecule has 0 unspecified atom stereocenters. The second-order valence-corrected chi connectivity index (χ2v) is 9.56. The number of aliphatic imine (C=N–C) groups is 1.